The Morgan fingerprint density at radius 1 is 1.04 bits per heavy atom. The Morgan fingerprint density at radius 3 is 2.63 bits per heavy atom. The monoisotopic (exact) mass is 358 g/mol. The van der Waals surface area contributed by atoms with Gasteiger partial charge in [0.1, 0.15) is 11.3 Å². The molecule has 0 aliphatic rings. The first-order valence-corrected chi connectivity index (χ1v) is 8.55. The Kier molecular flexibility index (Phi) is 4.34. The van der Waals surface area contributed by atoms with Crippen LogP contribution in [0.2, 0.25) is 0 Å². The second kappa shape index (κ2) is 6.96. The molecular weight excluding hydrogens is 340 g/mol. The Morgan fingerprint density at radius 2 is 1.85 bits per heavy atom. The predicted octanol–water partition coefficient (Wildman–Crippen LogP) is 5.06. The molecule has 0 aliphatic carbocycles. The number of ether oxygens (including phenoxy) is 1. The fourth-order valence-corrected chi connectivity index (χ4v) is 2.80. The summed E-state index contributed by atoms with van der Waals surface area (Å²) >= 11 is 0. The minimum Gasteiger partial charge on any atom is -0.497 e. The van der Waals surface area contributed by atoms with Crippen molar-refractivity contribution in [3.05, 3.63) is 77.9 Å². The Bertz CT molecular complexity index is 1110. The zero-order valence-electron chi connectivity index (χ0n) is 15.0. The molecule has 4 rings (SSSR count). The van der Waals surface area contributed by atoms with Crippen molar-refractivity contribution >= 4 is 22.7 Å². The van der Waals surface area contributed by atoms with E-state index in [9.17, 15) is 4.79 Å². The highest BCUT2D eigenvalue weighted by Crippen LogP contribution is 2.28. The molecular formula is C22H18N2O3. The van der Waals surface area contributed by atoms with E-state index >= 15 is 0 Å². The number of amides is 1. The molecule has 4 aromatic rings. The van der Waals surface area contributed by atoms with Crippen LogP contribution in [0.5, 0.6) is 5.75 Å². The lowest BCUT2D eigenvalue weighted by molar-refractivity contribution is 0.102. The zero-order chi connectivity index (χ0) is 18.8. The second-order valence-corrected chi connectivity index (χ2v) is 6.25. The molecule has 27 heavy (non-hydrogen) atoms. The lowest BCUT2D eigenvalue weighted by atomic mass is 10.1. The molecule has 0 fully saturated rings. The van der Waals surface area contributed by atoms with E-state index < -0.39 is 0 Å². The van der Waals surface area contributed by atoms with Crippen LogP contribution in [0.15, 0.2) is 71.1 Å². The summed E-state index contributed by atoms with van der Waals surface area (Å²) in [5.41, 5.74) is 4.59. The summed E-state index contributed by atoms with van der Waals surface area (Å²) in [6, 6.07) is 20.4. The van der Waals surface area contributed by atoms with Crippen molar-refractivity contribution in [2.45, 2.75) is 6.92 Å². The van der Waals surface area contributed by atoms with Gasteiger partial charge in [0.15, 0.2) is 5.58 Å². The number of fused-ring (bicyclic) bond motifs is 1. The third-order valence-corrected chi connectivity index (χ3v) is 4.28. The van der Waals surface area contributed by atoms with Crippen molar-refractivity contribution < 1.29 is 13.9 Å². The first-order valence-electron chi connectivity index (χ1n) is 8.55. The van der Waals surface area contributed by atoms with Crippen molar-refractivity contribution in [1.29, 1.82) is 0 Å². The van der Waals surface area contributed by atoms with Crippen LogP contribution in [0.3, 0.4) is 0 Å². The van der Waals surface area contributed by atoms with E-state index in [-0.39, 0.29) is 5.91 Å². The number of rotatable bonds is 4. The number of carbonyl (C=O) groups is 1. The largest absolute Gasteiger partial charge is 0.497 e. The fraction of sp³-hybridized carbons (Fsp3) is 0.0909. The van der Waals surface area contributed by atoms with Gasteiger partial charge in [0.25, 0.3) is 5.91 Å². The molecule has 1 N–H and O–H groups in total. The summed E-state index contributed by atoms with van der Waals surface area (Å²) in [6.07, 6.45) is 0. The van der Waals surface area contributed by atoms with Crippen LogP contribution in [0.1, 0.15) is 15.9 Å². The molecule has 1 heterocycles. The number of hydrogen-bond acceptors (Lipinski definition) is 4. The van der Waals surface area contributed by atoms with E-state index in [4.69, 9.17) is 9.15 Å². The Hall–Kier alpha value is -3.60. The SMILES string of the molecule is COc1ccc2oc(-c3cccc(NC(=O)c4ccc(C)cc4)c3)nc2c1. The maximum atomic E-state index is 12.4. The van der Waals surface area contributed by atoms with E-state index in [0.29, 0.717) is 22.7 Å². The quantitative estimate of drug-likeness (QED) is 0.553. The number of aromatic nitrogens is 1. The van der Waals surface area contributed by atoms with Crippen molar-refractivity contribution in [3.8, 4) is 17.2 Å². The van der Waals surface area contributed by atoms with Gasteiger partial charge in [0.05, 0.1) is 7.11 Å². The van der Waals surface area contributed by atoms with E-state index in [2.05, 4.69) is 10.3 Å². The molecule has 0 spiro atoms. The summed E-state index contributed by atoms with van der Waals surface area (Å²) in [4.78, 5) is 16.9. The number of benzene rings is 3. The maximum Gasteiger partial charge on any atom is 0.255 e. The van der Waals surface area contributed by atoms with Crippen molar-refractivity contribution in [2.75, 3.05) is 12.4 Å². The molecule has 0 saturated carbocycles. The van der Waals surface area contributed by atoms with Crippen LogP contribution in [-0.2, 0) is 0 Å². The number of oxazole rings is 1. The molecule has 1 amide bonds. The molecule has 3 aromatic carbocycles. The molecule has 1 aromatic heterocycles. The minimum atomic E-state index is -0.158. The number of methoxy groups -OCH3 is 1. The van der Waals surface area contributed by atoms with E-state index in [1.165, 1.54) is 0 Å². The van der Waals surface area contributed by atoms with Crippen LogP contribution in [0.4, 0.5) is 5.69 Å². The molecule has 0 unspecified atom stereocenters. The van der Waals surface area contributed by atoms with Crippen LogP contribution in [0, 0.1) is 6.92 Å². The maximum absolute atomic E-state index is 12.4. The van der Waals surface area contributed by atoms with E-state index in [1.807, 2.05) is 73.7 Å². The van der Waals surface area contributed by atoms with Gasteiger partial charge in [-0.15, -0.1) is 0 Å². The molecule has 5 nitrogen and oxygen atoms in total. The standard InChI is InChI=1S/C22H18N2O3/c1-14-6-8-15(9-7-14)21(25)23-17-5-3-4-16(12-17)22-24-19-13-18(26-2)10-11-20(19)27-22/h3-13H,1-2H3,(H,23,25). The van der Waals surface area contributed by atoms with E-state index in [0.717, 1.165) is 22.4 Å². The molecule has 0 bridgehead atoms. The molecule has 0 atom stereocenters. The summed E-state index contributed by atoms with van der Waals surface area (Å²) in [6.45, 7) is 1.99. The van der Waals surface area contributed by atoms with Crippen molar-refractivity contribution in [3.63, 3.8) is 0 Å². The smallest absolute Gasteiger partial charge is 0.255 e. The Labute approximate surface area is 156 Å². The fourth-order valence-electron chi connectivity index (χ4n) is 2.80. The third-order valence-electron chi connectivity index (χ3n) is 4.28. The minimum absolute atomic E-state index is 0.158. The second-order valence-electron chi connectivity index (χ2n) is 6.25. The van der Waals surface area contributed by atoms with Gasteiger partial charge in [0, 0.05) is 22.9 Å². The highest BCUT2D eigenvalue weighted by molar-refractivity contribution is 6.04. The molecule has 134 valence electrons. The number of anilines is 1. The first kappa shape index (κ1) is 16.8. The number of nitrogens with zero attached hydrogens (tertiary/aromatic N) is 1. The molecule has 0 aliphatic heterocycles. The van der Waals surface area contributed by atoms with Crippen LogP contribution in [-0.4, -0.2) is 18.0 Å². The topological polar surface area (TPSA) is 64.4 Å². The number of hydrogen-bond donors (Lipinski definition) is 1. The number of carbonyl (C=O) groups excluding carboxylic acids is 1. The zero-order valence-corrected chi connectivity index (χ0v) is 15.0. The lowest BCUT2D eigenvalue weighted by Crippen LogP contribution is -2.11. The van der Waals surface area contributed by atoms with Crippen LogP contribution >= 0.6 is 0 Å². The van der Waals surface area contributed by atoms with Gasteiger partial charge >= 0.3 is 0 Å². The van der Waals surface area contributed by atoms with Gasteiger partial charge < -0.3 is 14.5 Å². The normalized spacial score (nSPS) is 10.7. The van der Waals surface area contributed by atoms with Crippen molar-refractivity contribution in [2.24, 2.45) is 0 Å². The van der Waals surface area contributed by atoms with Crippen LogP contribution in [0.25, 0.3) is 22.6 Å². The van der Waals surface area contributed by atoms with E-state index in [1.54, 1.807) is 7.11 Å². The highest BCUT2D eigenvalue weighted by atomic mass is 16.5. The summed E-state index contributed by atoms with van der Waals surface area (Å²) in [7, 11) is 1.61. The van der Waals surface area contributed by atoms with Gasteiger partial charge in [-0.1, -0.05) is 23.8 Å². The van der Waals surface area contributed by atoms with Crippen LogP contribution < -0.4 is 10.1 Å². The average Bonchev–Trinajstić information content (AvgIpc) is 3.12. The molecule has 5 heteroatoms. The predicted molar refractivity (Wildman–Crippen MR) is 105 cm³/mol. The van der Waals surface area contributed by atoms with Gasteiger partial charge in [-0.2, -0.15) is 0 Å². The van der Waals surface area contributed by atoms with Gasteiger partial charge in [-0.25, -0.2) is 4.98 Å². The molecule has 0 radical (unpaired) electrons. The lowest BCUT2D eigenvalue weighted by Gasteiger charge is -2.06. The summed E-state index contributed by atoms with van der Waals surface area (Å²) in [5, 5.41) is 2.91. The van der Waals surface area contributed by atoms with Gasteiger partial charge in [-0.05, 0) is 49.4 Å². The van der Waals surface area contributed by atoms with Crippen molar-refractivity contribution in [1.82, 2.24) is 4.98 Å². The average molecular weight is 358 g/mol. The number of nitrogens with one attached hydrogen (secondary N) is 1. The molecule has 0 saturated heterocycles. The first-order chi connectivity index (χ1) is 13.1. The third kappa shape index (κ3) is 3.53. The highest BCUT2D eigenvalue weighted by Gasteiger charge is 2.11. The summed E-state index contributed by atoms with van der Waals surface area (Å²) in [5.74, 6) is 1.06. The van der Waals surface area contributed by atoms with Gasteiger partial charge in [-0.3, -0.25) is 4.79 Å². The van der Waals surface area contributed by atoms with Gasteiger partial charge in [0.2, 0.25) is 5.89 Å². The Balaban J connectivity index is 1.60. The number of aryl methyl sites for hydroxylation is 1. The summed E-state index contributed by atoms with van der Waals surface area (Å²) < 4.78 is 11.1.